The van der Waals surface area contributed by atoms with Gasteiger partial charge in [0.25, 0.3) is 0 Å². The lowest BCUT2D eigenvalue weighted by atomic mass is 9.70. The van der Waals surface area contributed by atoms with Gasteiger partial charge in [-0.2, -0.15) is 5.10 Å². The van der Waals surface area contributed by atoms with Crippen LogP contribution in [-0.2, 0) is 6.54 Å². The molecule has 0 aromatic carbocycles. The fourth-order valence-electron chi connectivity index (χ4n) is 1.96. The Balaban J connectivity index is 2.06. The molecule has 0 spiro atoms. The molecule has 1 saturated carbocycles. The second-order valence-electron chi connectivity index (χ2n) is 4.65. The van der Waals surface area contributed by atoms with Crippen LogP contribution in [0.15, 0.2) is 12.4 Å². The van der Waals surface area contributed by atoms with E-state index in [0.717, 1.165) is 6.54 Å². The molecule has 0 radical (unpaired) electrons. The Labute approximate surface area is 84.1 Å². The number of hydrogen-bond donors (Lipinski definition) is 0. The Morgan fingerprint density at radius 3 is 2.79 bits per heavy atom. The molecule has 0 amide bonds. The van der Waals surface area contributed by atoms with Crippen LogP contribution in [0.1, 0.15) is 43.5 Å². The van der Waals surface area contributed by atoms with Crippen LogP contribution in [0, 0.1) is 5.41 Å². The van der Waals surface area contributed by atoms with E-state index in [1.807, 2.05) is 10.9 Å². The Hall–Kier alpha value is -1.12. The highest BCUT2D eigenvalue weighted by Crippen LogP contribution is 2.41. The number of carbonyl (C=O) groups is 1. The Kier molecular flexibility index (Phi) is 2.17. The first-order valence-electron chi connectivity index (χ1n) is 5.12. The van der Waals surface area contributed by atoms with Crippen LogP contribution in [0.3, 0.4) is 0 Å². The normalized spacial score (nSPS) is 19.0. The third-order valence-corrected chi connectivity index (χ3v) is 3.14. The summed E-state index contributed by atoms with van der Waals surface area (Å²) in [6.45, 7) is 4.80. The summed E-state index contributed by atoms with van der Waals surface area (Å²) in [4.78, 5) is 11.1. The Morgan fingerprint density at radius 1 is 1.64 bits per heavy atom. The fraction of sp³-hybridized carbons (Fsp3) is 0.636. The molecule has 1 aromatic heterocycles. The van der Waals surface area contributed by atoms with Crippen LogP contribution in [0.4, 0.5) is 0 Å². The maximum Gasteiger partial charge on any atom is 0.162 e. The zero-order valence-electron chi connectivity index (χ0n) is 8.79. The topological polar surface area (TPSA) is 34.9 Å². The minimum atomic E-state index is 0.0926. The minimum Gasteiger partial charge on any atom is -0.294 e. The molecule has 0 atom stereocenters. The van der Waals surface area contributed by atoms with Crippen molar-refractivity contribution in [1.82, 2.24) is 9.78 Å². The van der Waals surface area contributed by atoms with Gasteiger partial charge in [-0.05, 0) is 25.2 Å². The summed E-state index contributed by atoms with van der Waals surface area (Å²) in [5, 5.41) is 4.20. The molecule has 14 heavy (non-hydrogen) atoms. The monoisotopic (exact) mass is 192 g/mol. The number of Topliss-reactive ketones (excluding diaryl/α,β-unsaturated/α-hetero) is 1. The van der Waals surface area contributed by atoms with E-state index >= 15 is 0 Å². The molecule has 1 fully saturated rings. The van der Waals surface area contributed by atoms with E-state index < -0.39 is 0 Å². The Morgan fingerprint density at radius 2 is 2.36 bits per heavy atom. The third-order valence-electron chi connectivity index (χ3n) is 3.14. The maximum absolute atomic E-state index is 11.1. The van der Waals surface area contributed by atoms with E-state index in [2.05, 4.69) is 12.0 Å². The zero-order valence-corrected chi connectivity index (χ0v) is 8.79. The van der Waals surface area contributed by atoms with E-state index in [1.165, 1.54) is 19.3 Å². The fourth-order valence-corrected chi connectivity index (χ4v) is 1.96. The molecule has 3 heteroatoms. The van der Waals surface area contributed by atoms with Gasteiger partial charge in [0, 0.05) is 12.7 Å². The lowest BCUT2D eigenvalue weighted by molar-refractivity contribution is 0.101. The highest BCUT2D eigenvalue weighted by atomic mass is 16.1. The van der Waals surface area contributed by atoms with Crippen LogP contribution < -0.4 is 0 Å². The SMILES string of the molecule is CC(=O)c1cnn(CC2(C)CCC2)c1. The molecule has 1 aliphatic rings. The summed E-state index contributed by atoms with van der Waals surface area (Å²) in [7, 11) is 0. The van der Waals surface area contributed by atoms with Gasteiger partial charge in [0.1, 0.15) is 0 Å². The number of rotatable bonds is 3. The Bertz CT molecular complexity index is 350. The maximum atomic E-state index is 11.1. The molecule has 1 aromatic rings. The molecule has 0 N–H and O–H groups in total. The zero-order chi connectivity index (χ0) is 10.2. The van der Waals surface area contributed by atoms with Gasteiger partial charge in [0.2, 0.25) is 0 Å². The summed E-state index contributed by atoms with van der Waals surface area (Å²) < 4.78 is 1.90. The summed E-state index contributed by atoms with van der Waals surface area (Å²) in [6, 6.07) is 0. The lowest BCUT2D eigenvalue weighted by Crippen LogP contribution is -2.30. The van der Waals surface area contributed by atoms with E-state index in [-0.39, 0.29) is 5.78 Å². The van der Waals surface area contributed by atoms with Crippen molar-refractivity contribution in [2.75, 3.05) is 0 Å². The second-order valence-corrected chi connectivity index (χ2v) is 4.65. The molecule has 76 valence electrons. The molecule has 2 rings (SSSR count). The van der Waals surface area contributed by atoms with E-state index in [1.54, 1.807) is 13.1 Å². The van der Waals surface area contributed by atoms with E-state index in [9.17, 15) is 4.79 Å². The summed E-state index contributed by atoms with van der Waals surface area (Å²) in [6.07, 6.45) is 7.40. The molecule has 1 aliphatic carbocycles. The first-order valence-corrected chi connectivity index (χ1v) is 5.12. The largest absolute Gasteiger partial charge is 0.294 e. The van der Waals surface area contributed by atoms with Crippen LogP contribution in [-0.4, -0.2) is 15.6 Å². The van der Waals surface area contributed by atoms with Crippen molar-refractivity contribution in [3.63, 3.8) is 0 Å². The van der Waals surface area contributed by atoms with Gasteiger partial charge in [-0.3, -0.25) is 9.48 Å². The van der Waals surface area contributed by atoms with Crippen LogP contribution in [0.2, 0.25) is 0 Å². The van der Waals surface area contributed by atoms with Gasteiger partial charge < -0.3 is 0 Å². The summed E-state index contributed by atoms with van der Waals surface area (Å²) in [5.74, 6) is 0.0926. The molecular weight excluding hydrogens is 176 g/mol. The van der Waals surface area contributed by atoms with Crippen LogP contribution in [0.25, 0.3) is 0 Å². The molecule has 0 aliphatic heterocycles. The third kappa shape index (κ3) is 1.72. The lowest BCUT2D eigenvalue weighted by Gasteiger charge is -2.38. The average Bonchev–Trinajstić information content (AvgIpc) is 2.50. The number of ketones is 1. The quantitative estimate of drug-likeness (QED) is 0.688. The molecule has 0 unspecified atom stereocenters. The molecular formula is C11H16N2O. The molecule has 3 nitrogen and oxygen atoms in total. The minimum absolute atomic E-state index is 0.0926. The molecule has 0 bridgehead atoms. The van der Waals surface area contributed by atoms with Crippen molar-refractivity contribution in [3.05, 3.63) is 18.0 Å². The van der Waals surface area contributed by atoms with Gasteiger partial charge in [-0.25, -0.2) is 0 Å². The van der Waals surface area contributed by atoms with E-state index in [4.69, 9.17) is 0 Å². The number of nitrogens with zero attached hydrogens (tertiary/aromatic N) is 2. The van der Waals surface area contributed by atoms with Crippen molar-refractivity contribution in [2.45, 2.75) is 39.7 Å². The predicted octanol–water partition coefficient (Wildman–Crippen LogP) is 2.28. The van der Waals surface area contributed by atoms with Gasteiger partial charge in [0.15, 0.2) is 5.78 Å². The highest BCUT2D eigenvalue weighted by molar-refractivity contribution is 5.93. The second kappa shape index (κ2) is 3.23. The van der Waals surface area contributed by atoms with Crippen molar-refractivity contribution >= 4 is 5.78 Å². The highest BCUT2D eigenvalue weighted by Gasteiger charge is 2.32. The van der Waals surface area contributed by atoms with Crippen molar-refractivity contribution in [3.8, 4) is 0 Å². The first kappa shape index (κ1) is 9.44. The van der Waals surface area contributed by atoms with Crippen molar-refractivity contribution in [1.29, 1.82) is 0 Å². The van der Waals surface area contributed by atoms with Crippen LogP contribution in [0.5, 0.6) is 0 Å². The van der Waals surface area contributed by atoms with E-state index in [0.29, 0.717) is 11.0 Å². The van der Waals surface area contributed by atoms with Crippen LogP contribution >= 0.6 is 0 Å². The van der Waals surface area contributed by atoms with Crippen molar-refractivity contribution in [2.24, 2.45) is 5.41 Å². The summed E-state index contributed by atoms with van der Waals surface area (Å²) in [5.41, 5.74) is 1.13. The smallest absolute Gasteiger partial charge is 0.162 e. The first-order chi connectivity index (χ1) is 6.59. The molecule has 1 heterocycles. The van der Waals surface area contributed by atoms with Crippen molar-refractivity contribution < 1.29 is 4.79 Å². The standard InChI is InChI=1S/C11H16N2O/c1-9(14)10-6-12-13(7-10)8-11(2)4-3-5-11/h6-7H,3-5,8H2,1-2H3. The predicted molar refractivity (Wildman–Crippen MR) is 54.2 cm³/mol. The number of carbonyl (C=O) groups excluding carboxylic acids is 1. The van der Waals surface area contributed by atoms with Gasteiger partial charge >= 0.3 is 0 Å². The molecule has 0 saturated heterocycles. The summed E-state index contributed by atoms with van der Waals surface area (Å²) >= 11 is 0. The number of aromatic nitrogens is 2. The van der Waals surface area contributed by atoms with Gasteiger partial charge in [0.05, 0.1) is 11.8 Å². The van der Waals surface area contributed by atoms with Gasteiger partial charge in [-0.15, -0.1) is 0 Å². The van der Waals surface area contributed by atoms with Gasteiger partial charge in [-0.1, -0.05) is 13.3 Å². The number of hydrogen-bond acceptors (Lipinski definition) is 2. The average molecular weight is 192 g/mol.